The number of nitrogens with zero attached hydrogens (tertiary/aromatic N) is 3. The number of benzene rings is 1. The Morgan fingerprint density at radius 1 is 1.36 bits per heavy atom. The van der Waals surface area contributed by atoms with Crippen molar-refractivity contribution in [3.05, 3.63) is 48.0 Å². The topological polar surface area (TPSA) is 67.2 Å². The lowest BCUT2D eigenvalue weighted by Crippen LogP contribution is -2.37. The minimum absolute atomic E-state index is 0.000360. The second-order valence-corrected chi connectivity index (χ2v) is 6.36. The van der Waals surface area contributed by atoms with Crippen LogP contribution < -0.4 is 10.2 Å². The maximum Gasteiger partial charge on any atom is 0.227 e. The average Bonchev–Trinajstić information content (AvgIpc) is 3.09. The predicted octanol–water partition coefficient (Wildman–Crippen LogP) is 2.10. The van der Waals surface area contributed by atoms with Crippen molar-refractivity contribution >= 4 is 17.5 Å². The third kappa shape index (κ3) is 3.73. The number of nitrogens with one attached hydrogen (secondary N) is 1. The Labute approximate surface area is 147 Å². The molecule has 6 heteroatoms. The Bertz CT molecular complexity index is 768. The van der Waals surface area contributed by atoms with Crippen LogP contribution in [0.5, 0.6) is 0 Å². The van der Waals surface area contributed by atoms with Gasteiger partial charge in [-0.2, -0.15) is 0 Å². The first kappa shape index (κ1) is 17.2. The summed E-state index contributed by atoms with van der Waals surface area (Å²) >= 11 is 0. The van der Waals surface area contributed by atoms with Gasteiger partial charge in [-0.3, -0.25) is 9.59 Å². The van der Waals surface area contributed by atoms with Crippen LogP contribution in [0.2, 0.25) is 0 Å². The zero-order valence-corrected chi connectivity index (χ0v) is 14.7. The van der Waals surface area contributed by atoms with Crippen molar-refractivity contribution < 1.29 is 9.59 Å². The van der Waals surface area contributed by atoms with Crippen molar-refractivity contribution in [1.29, 1.82) is 0 Å². The standard InChI is InChI=1S/C19H24N4O2/c1-3-17-20-9-11-23(17)10-8-18(24)21-13-14-12-19(25)22(2)16-7-5-4-6-15(14)16/h4-7,9,11,14H,3,8,10,12-13H2,1-2H3,(H,21,24)/t14-/m0/s1. The zero-order valence-electron chi connectivity index (χ0n) is 14.7. The van der Waals surface area contributed by atoms with Crippen molar-refractivity contribution in [1.82, 2.24) is 14.9 Å². The lowest BCUT2D eigenvalue weighted by Gasteiger charge is -2.31. The van der Waals surface area contributed by atoms with Crippen molar-refractivity contribution in [2.24, 2.45) is 0 Å². The molecule has 132 valence electrons. The molecular weight excluding hydrogens is 316 g/mol. The molecule has 0 radical (unpaired) electrons. The number of carbonyl (C=O) groups excluding carboxylic acids is 2. The summed E-state index contributed by atoms with van der Waals surface area (Å²) in [6.45, 7) is 3.16. The number of rotatable bonds is 6. The summed E-state index contributed by atoms with van der Waals surface area (Å²) in [6, 6.07) is 7.89. The van der Waals surface area contributed by atoms with Gasteiger partial charge in [-0.05, 0) is 11.6 Å². The maximum atomic E-state index is 12.2. The SMILES string of the molecule is CCc1nccn1CCC(=O)NC[C@@H]1CC(=O)N(C)c2ccccc21. The van der Waals surface area contributed by atoms with Crippen LogP contribution in [0.15, 0.2) is 36.7 Å². The van der Waals surface area contributed by atoms with Crippen LogP contribution in [0.3, 0.4) is 0 Å². The van der Waals surface area contributed by atoms with Crippen molar-refractivity contribution in [3.8, 4) is 0 Å². The summed E-state index contributed by atoms with van der Waals surface area (Å²) in [6.07, 6.45) is 5.35. The van der Waals surface area contributed by atoms with E-state index < -0.39 is 0 Å². The molecule has 0 spiro atoms. The molecule has 1 aromatic heterocycles. The summed E-state index contributed by atoms with van der Waals surface area (Å²) in [5.74, 6) is 1.11. The minimum Gasteiger partial charge on any atom is -0.355 e. The molecule has 3 rings (SSSR count). The molecule has 0 fully saturated rings. The highest BCUT2D eigenvalue weighted by atomic mass is 16.2. The first-order chi connectivity index (χ1) is 12.1. The van der Waals surface area contributed by atoms with E-state index in [4.69, 9.17) is 0 Å². The Morgan fingerprint density at radius 2 is 2.16 bits per heavy atom. The van der Waals surface area contributed by atoms with Gasteiger partial charge in [0.15, 0.2) is 0 Å². The molecule has 2 amide bonds. The van der Waals surface area contributed by atoms with Gasteiger partial charge in [0.2, 0.25) is 11.8 Å². The smallest absolute Gasteiger partial charge is 0.227 e. The summed E-state index contributed by atoms with van der Waals surface area (Å²) in [5.41, 5.74) is 2.05. The van der Waals surface area contributed by atoms with Crippen LogP contribution in [0.25, 0.3) is 0 Å². The number of amides is 2. The lowest BCUT2D eigenvalue weighted by atomic mass is 9.89. The van der Waals surface area contributed by atoms with E-state index in [1.807, 2.05) is 42.0 Å². The fraction of sp³-hybridized carbons (Fsp3) is 0.421. The minimum atomic E-state index is -0.000360. The second-order valence-electron chi connectivity index (χ2n) is 6.36. The van der Waals surface area contributed by atoms with E-state index in [0.29, 0.717) is 25.9 Å². The van der Waals surface area contributed by atoms with Crippen LogP contribution in [0.1, 0.15) is 37.1 Å². The van der Waals surface area contributed by atoms with Crippen molar-refractivity contribution in [3.63, 3.8) is 0 Å². The molecule has 0 unspecified atom stereocenters. The monoisotopic (exact) mass is 340 g/mol. The molecule has 0 aliphatic carbocycles. The summed E-state index contributed by atoms with van der Waals surface area (Å²) < 4.78 is 2.01. The average molecular weight is 340 g/mol. The summed E-state index contributed by atoms with van der Waals surface area (Å²) in [5, 5.41) is 2.99. The highest BCUT2D eigenvalue weighted by Crippen LogP contribution is 2.34. The molecule has 0 bridgehead atoms. The molecular formula is C19H24N4O2. The Balaban J connectivity index is 1.57. The number of aromatic nitrogens is 2. The number of anilines is 1. The van der Waals surface area contributed by atoms with Crippen molar-refractivity contribution in [2.45, 2.75) is 38.6 Å². The second kappa shape index (κ2) is 7.51. The Kier molecular flexibility index (Phi) is 5.16. The first-order valence-corrected chi connectivity index (χ1v) is 8.72. The van der Waals surface area contributed by atoms with Gasteiger partial charge in [0.1, 0.15) is 5.82 Å². The van der Waals surface area contributed by atoms with E-state index >= 15 is 0 Å². The number of hydrogen-bond donors (Lipinski definition) is 1. The van der Waals surface area contributed by atoms with E-state index in [1.165, 1.54) is 0 Å². The highest BCUT2D eigenvalue weighted by Gasteiger charge is 2.28. The zero-order chi connectivity index (χ0) is 17.8. The molecule has 1 atom stereocenters. The largest absolute Gasteiger partial charge is 0.355 e. The van der Waals surface area contributed by atoms with Crippen LogP contribution >= 0.6 is 0 Å². The van der Waals surface area contributed by atoms with Crippen LogP contribution in [0, 0.1) is 0 Å². The molecule has 1 aromatic carbocycles. The number of carbonyl (C=O) groups is 2. The van der Waals surface area contributed by atoms with E-state index in [2.05, 4.69) is 10.3 Å². The molecule has 6 nitrogen and oxygen atoms in total. The Hall–Kier alpha value is -2.63. The third-order valence-electron chi connectivity index (χ3n) is 4.78. The quantitative estimate of drug-likeness (QED) is 0.876. The predicted molar refractivity (Wildman–Crippen MR) is 96.4 cm³/mol. The highest BCUT2D eigenvalue weighted by molar-refractivity contribution is 5.96. The van der Waals surface area contributed by atoms with Gasteiger partial charge in [0.05, 0.1) is 0 Å². The van der Waals surface area contributed by atoms with E-state index in [-0.39, 0.29) is 17.7 Å². The van der Waals surface area contributed by atoms with Crippen molar-refractivity contribution in [2.75, 3.05) is 18.5 Å². The van der Waals surface area contributed by atoms with Gasteiger partial charge in [-0.15, -0.1) is 0 Å². The molecule has 2 aromatic rings. The van der Waals surface area contributed by atoms with E-state index in [9.17, 15) is 9.59 Å². The van der Waals surface area contributed by atoms with Gasteiger partial charge in [-0.1, -0.05) is 25.1 Å². The number of imidazole rings is 1. The summed E-state index contributed by atoms with van der Waals surface area (Å²) in [4.78, 5) is 30.3. The molecule has 0 saturated carbocycles. The molecule has 1 aliphatic heterocycles. The number of fused-ring (bicyclic) bond motifs is 1. The first-order valence-electron chi connectivity index (χ1n) is 8.72. The maximum absolute atomic E-state index is 12.2. The number of aryl methyl sites for hydroxylation is 2. The molecule has 25 heavy (non-hydrogen) atoms. The number of para-hydroxylation sites is 1. The van der Waals surface area contributed by atoms with Gasteiger partial charge in [0.25, 0.3) is 0 Å². The van der Waals surface area contributed by atoms with Gasteiger partial charge >= 0.3 is 0 Å². The Morgan fingerprint density at radius 3 is 2.96 bits per heavy atom. The molecule has 2 heterocycles. The molecule has 0 saturated heterocycles. The van der Waals surface area contributed by atoms with Crippen LogP contribution in [-0.2, 0) is 22.6 Å². The van der Waals surface area contributed by atoms with Crippen LogP contribution in [0.4, 0.5) is 5.69 Å². The fourth-order valence-corrected chi connectivity index (χ4v) is 3.32. The number of hydrogen-bond acceptors (Lipinski definition) is 3. The molecule has 1 N–H and O–H groups in total. The van der Waals surface area contributed by atoms with Gasteiger partial charge in [0, 0.05) is 63.4 Å². The third-order valence-corrected chi connectivity index (χ3v) is 4.78. The summed E-state index contributed by atoms with van der Waals surface area (Å²) in [7, 11) is 1.80. The van der Waals surface area contributed by atoms with Gasteiger partial charge < -0.3 is 14.8 Å². The van der Waals surface area contributed by atoms with E-state index in [1.54, 1.807) is 18.1 Å². The fourth-order valence-electron chi connectivity index (χ4n) is 3.32. The lowest BCUT2D eigenvalue weighted by molar-refractivity contribution is -0.122. The van der Waals surface area contributed by atoms with Crippen LogP contribution in [-0.4, -0.2) is 35.0 Å². The molecule has 1 aliphatic rings. The van der Waals surface area contributed by atoms with Gasteiger partial charge in [-0.25, -0.2) is 4.98 Å². The van der Waals surface area contributed by atoms with E-state index in [0.717, 1.165) is 23.5 Å². The normalized spacial score (nSPS) is 16.6.